The van der Waals surface area contributed by atoms with E-state index >= 15 is 0 Å². The van der Waals surface area contributed by atoms with Crippen LogP contribution in [0.3, 0.4) is 0 Å². The topological polar surface area (TPSA) is 37.6 Å². The van der Waals surface area contributed by atoms with E-state index in [0.717, 1.165) is 38.3 Å². The number of hydrogen-bond acceptors (Lipinski definition) is 2. The molecule has 5 rings (SSSR count). The molecule has 0 N–H and O–H groups in total. The Morgan fingerprint density at radius 2 is 1.60 bits per heavy atom. The van der Waals surface area contributed by atoms with Gasteiger partial charge in [0.2, 0.25) is 0 Å². The Hall–Kier alpha value is -4.13. The van der Waals surface area contributed by atoms with Crippen molar-refractivity contribution >= 4 is 34.3 Å². The standard InChI is InChI=1S/C28H22F3N3O/c1-16-9-10-26-22(11-16)21(18(3)33(26)15-19-7-5-4-6-8-19)12-20-17(2)32-34(28(20)35)27-14-24(30)23(29)13-25(27)31/h4-14H,15H2,1-3H3/b20-12+. The number of aromatic nitrogens is 1. The van der Waals surface area contributed by atoms with E-state index in [4.69, 9.17) is 0 Å². The van der Waals surface area contributed by atoms with Gasteiger partial charge in [0.05, 0.1) is 11.3 Å². The number of fused-ring (bicyclic) bond motifs is 1. The molecule has 0 fully saturated rings. The highest BCUT2D eigenvalue weighted by molar-refractivity contribution is 6.32. The van der Waals surface area contributed by atoms with Crippen molar-refractivity contribution in [3.05, 3.63) is 106 Å². The zero-order valence-corrected chi connectivity index (χ0v) is 19.4. The van der Waals surface area contributed by atoms with Crippen molar-refractivity contribution in [3.8, 4) is 0 Å². The molecule has 1 aliphatic heterocycles. The van der Waals surface area contributed by atoms with E-state index in [1.165, 1.54) is 0 Å². The summed E-state index contributed by atoms with van der Waals surface area (Å²) in [7, 11) is 0. The van der Waals surface area contributed by atoms with Gasteiger partial charge in [-0.25, -0.2) is 13.2 Å². The third-order valence-corrected chi connectivity index (χ3v) is 6.28. The molecule has 0 radical (unpaired) electrons. The molecule has 0 atom stereocenters. The molecule has 176 valence electrons. The highest BCUT2D eigenvalue weighted by Crippen LogP contribution is 2.33. The van der Waals surface area contributed by atoms with Crippen LogP contribution in [0.25, 0.3) is 17.0 Å². The zero-order chi connectivity index (χ0) is 24.9. The summed E-state index contributed by atoms with van der Waals surface area (Å²) in [4.78, 5) is 13.2. The van der Waals surface area contributed by atoms with Crippen molar-refractivity contribution in [2.45, 2.75) is 27.3 Å². The van der Waals surface area contributed by atoms with E-state index in [9.17, 15) is 18.0 Å². The molecule has 4 nitrogen and oxygen atoms in total. The minimum Gasteiger partial charge on any atom is -0.340 e. The summed E-state index contributed by atoms with van der Waals surface area (Å²) in [5.74, 6) is -4.26. The summed E-state index contributed by atoms with van der Waals surface area (Å²) in [6.07, 6.45) is 1.75. The maximum atomic E-state index is 14.4. The highest BCUT2D eigenvalue weighted by Gasteiger charge is 2.32. The predicted molar refractivity (Wildman–Crippen MR) is 132 cm³/mol. The molecule has 0 bridgehead atoms. The lowest BCUT2D eigenvalue weighted by Gasteiger charge is -2.13. The number of nitrogens with zero attached hydrogens (tertiary/aromatic N) is 3. The van der Waals surface area contributed by atoms with Crippen LogP contribution >= 0.6 is 0 Å². The lowest BCUT2D eigenvalue weighted by Crippen LogP contribution is -2.22. The van der Waals surface area contributed by atoms with Crippen LogP contribution in [-0.4, -0.2) is 16.2 Å². The molecule has 0 unspecified atom stereocenters. The molecule has 1 aromatic heterocycles. The van der Waals surface area contributed by atoms with Crippen molar-refractivity contribution in [2.24, 2.45) is 5.10 Å². The van der Waals surface area contributed by atoms with Crippen LogP contribution in [-0.2, 0) is 11.3 Å². The Kier molecular flexibility index (Phi) is 5.55. The molecule has 4 aromatic rings. The Labute approximate surface area is 200 Å². The number of hydrazone groups is 1. The Bertz CT molecular complexity index is 1550. The first kappa shape index (κ1) is 22.7. The molecule has 2 heterocycles. The third-order valence-electron chi connectivity index (χ3n) is 6.28. The Morgan fingerprint density at radius 3 is 2.34 bits per heavy atom. The van der Waals surface area contributed by atoms with Crippen LogP contribution in [0.1, 0.15) is 29.3 Å². The summed E-state index contributed by atoms with van der Waals surface area (Å²) in [5.41, 5.74) is 5.23. The van der Waals surface area contributed by atoms with Gasteiger partial charge in [-0.2, -0.15) is 10.1 Å². The van der Waals surface area contributed by atoms with Crippen LogP contribution in [0, 0.1) is 31.3 Å². The summed E-state index contributed by atoms with van der Waals surface area (Å²) >= 11 is 0. The highest BCUT2D eigenvalue weighted by atomic mass is 19.2. The largest absolute Gasteiger partial charge is 0.340 e. The van der Waals surface area contributed by atoms with Crippen LogP contribution in [0.2, 0.25) is 0 Å². The zero-order valence-electron chi connectivity index (χ0n) is 19.4. The van der Waals surface area contributed by atoms with Crippen molar-refractivity contribution in [1.82, 2.24) is 4.57 Å². The fourth-order valence-corrected chi connectivity index (χ4v) is 4.44. The number of benzene rings is 3. The molecule has 0 saturated heterocycles. The van der Waals surface area contributed by atoms with Gasteiger partial charge in [0.25, 0.3) is 5.91 Å². The maximum absolute atomic E-state index is 14.4. The first-order valence-corrected chi connectivity index (χ1v) is 11.1. The first-order valence-electron chi connectivity index (χ1n) is 11.1. The minimum atomic E-state index is -1.33. The molecule has 0 aliphatic carbocycles. The molecular weight excluding hydrogens is 451 g/mol. The quantitative estimate of drug-likeness (QED) is 0.245. The molecular formula is C28H22F3N3O. The number of hydrogen-bond donors (Lipinski definition) is 0. The summed E-state index contributed by atoms with van der Waals surface area (Å²) in [5, 5.41) is 5.90. The molecule has 7 heteroatoms. The van der Waals surface area contributed by atoms with Crippen molar-refractivity contribution < 1.29 is 18.0 Å². The van der Waals surface area contributed by atoms with Gasteiger partial charge < -0.3 is 4.57 Å². The number of anilines is 1. The van der Waals surface area contributed by atoms with E-state index in [1.54, 1.807) is 13.0 Å². The molecule has 35 heavy (non-hydrogen) atoms. The van der Waals surface area contributed by atoms with E-state index in [2.05, 4.69) is 33.9 Å². The SMILES string of the molecule is CC1=NN(c2cc(F)c(F)cc2F)C(=O)/C1=C/c1c(C)n(Cc2ccccc2)c2ccc(C)cc12. The van der Waals surface area contributed by atoms with E-state index in [-0.39, 0.29) is 5.57 Å². The summed E-state index contributed by atoms with van der Waals surface area (Å²) in [6.45, 7) is 6.28. The van der Waals surface area contributed by atoms with Crippen molar-refractivity contribution in [1.29, 1.82) is 0 Å². The number of carbonyl (C=O) groups is 1. The van der Waals surface area contributed by atoms with Gasteiger partial charge in [0, 0.05) is 40.8 Å². The number of amides is 1. The fourth-order valence-electron chi connectivity index (χ4n) is 4.44. The van der Waals surface area contributed by atoms with Gasteiger partial charge in [-0.15, -0.1) is 0 Å². The van der Waals surface area contributed by atoms with Gasteiger partial charge >= 0.3 is 0 Å². The summed E-state index contributed by atoms with van der Waals surface area (Å²) < 4.78 is 43.7. The van der Waals surface area contributed by atoms with Gasteiger partial charge in [-0.1, -0.05) is 42.0 Å². The van der Waals surface area contributed by atoms with Gasteiger partial charge in [0.1, 0.15) is 5.69 Å². The monoisotopic (exact) mass is 473 g/mol. The molecule has 0 spiro atoms. The smallest absolute Gasteiger partial charge is 0.280 e. The van der Waals surface area contributed by atoms with E-state index in [1.807, 2.05) is 38.1 Å². The molecule has 1 aliphatic rings. The van der Waals surface area contributed by atoms with Crippen LogP contribution < -0.4 is 5.01 Å². The normalized spacial score (nSPS) is 14.9. The fraction of sp³-hybridized carbons (Fsp3) is 0.143. The van der Waals surface area contributed by atoms with E-state index in [0.29, 0.717) is 24.4 Å². The van der Waals surface area contributed by atoms with Crippen molar-refractivity contribution in [2.75, 3.05) is 5.01 Å². The lowest BCUT2D eigenvalue weighted by atomic mass is 10.0. The predicted octanol–water partition coefficient (Wildman–Crippen LogP) is 6.53. The second-order valence-electron chi connectivity index (χ2n) is 8.67. The summed E-state index contributed by atoms with van der Waals surface area (Å²) in [6, 6.07) is 17.3. The van der Waals surface area contributed by atoms with Crippen molar-refractivity contribution in [3.63, 3.8) is 0 Å². The van der Waals surface area contributed by atoms with Gasteiger partial charge in [-0.3, -0.25) is 4.79 Å². The van der Waals surface area contributed by atoms with Gasteiger partial charge in [0.15, 0.2) is 17.5 Å². The average Bonchev–Trinajstić information content (AvgIpc) is 3.25. The first-order chi connectivity index (χ1) is 16.7. The maximum Gasteiger partial charge on any atom is 0.280 e. The number of aryl methyl sites for hydroxylation is 1. The lowest BCUT2D eigenvalue weighted by molar-refractivity contribution is -0.114. The third kappa shape index (κ3) is 3.93. The average molecular weight is 473 g/mol. The minimum absolute atomic E-state index is 0.262. The number of carbonyl (C=O) groups excluding carboxylic acids is 1. The van der Waals surface area contributed by atoms with Crippen LogP contribution in [0.4, 0.5) is 18.9 Å². The van der Waals surface area contributed by atoms with E-state index < -0.39 is 29.0 Å². The second-order valence-corrected chi connectivity index (χ2v) is 8.67. The Balaban J connectivity index is 1.62. The molecule has 0 saturated carbocycles. The molecule has 1 amide bonds. The van der Waals surface area contributed by atoms with Gasteiger partial charge in [-0.05, 0) is 44.5 Å². The van der Waals surface area contributed by atoms with Crippen LogP contribution in [0.15, 0.2) is 71.3 Å². The second kappa shape index (κ2) is 8.58. The molecule has 3 aromatic carbocycles. The van der Waals surface area contributed by atoms with Crippen LogP contribution in [0.5, 0.6) is 0 Å². The number of halogens is 3. The Morgan fingerprint density at radius 1 is 0.886 bits per heavy atom. The number of rotatable bonds is 4.